The predicted octanol–water partition coefficient (Wildman–Crippen LogP) is 1.41. The molecule has 0 aromatic heterocycles. The lowest BCUT2D eigenvalue weighted by Crippen LogP contribution is -2.12. The minimum atomic E-state index is -0.00926. The SMILES string of the molecule is C[C@@H]1[C@H](C)CC[C@@H]1O. The van der Waals surface area contributed by atoms with Gasteiger partial charge in [0, 0.05) is 0 Å². The Balaban J connectivity index is 2.44. The van der Waals surface area contributed by atoms with Crippen molar-refractivity contribution in [3.8, 4) is 0 Å². The minimum Gasteiger partial charge on any atom is -0.393 e. The van der Waals surface area contributed by atoms with Crippen molar-refractivity contribution in [1.82, 2.24) is 0 Å². The van der Waals surface area contributed by atoms with Gasteiger partial charge in [-0.25, -0.2) is 0 Å². The maximum Gasteiger partial charge on any atom is 0.0568 e. The standard InChI is InChI=1S/C7H14O/c1-5-3-4-7(8)6(5)2/h5-8H,3-4H2,1-2H3/t5-,6-,7+/m1/s1. The number of aliphatic hydroxyl groups excluding tert-OH is 1. The van der Waals surface area contributed by atoms with Gasteiger partial charge in [-0.3, -0.25) is 0 Å². The summed E-state index contributed by atoms with van der Waals surface area (Å²) in [7, 11) is 0. The molecule has 1 nitrogen and oxygen atoms in total. The van der Waals surface area contributed by atoms with E-state index in [4.69, 9.17) is 5.11 Å². The fourth-order valence-electron chi connectivity index (χ4n) is 1.34. The highest BCUT2D eigenvalue weighted by Crippen LogP contribution is 2.30. The van der Waals surface area contributed by atoms with E-state index in [2.05, 4.69) is 13.8 Å². The van der Waals surface area contributed by atoms with Crippen LogP contribution in [0.2, 0.25) is 0 Å². The van der Waals surface area contributed by atoms with E-state index in [1.807, 2.05) is 0 Å². The fraction of sp³-hybridized carbons (Fsp3) is 1.00. The van der Waals surface area contributed by atoms with Gasteiger partial charge >= 0.3 is 0 Å². The first-order valence-corrected chi connectivity index (χ1v) is 3.40. The van der Waals surface area contributed by atoms with Crippen LogP contribution in [-0.2, 0) is 0 Å². The average molecular weight is 114 g/mol. The molecule has 1 N–H and O–H groups in total. The lowest BCUT2D eigenvalue weighted by atomic mass is 10.00. The van der Waals surface area contributed by atoms with Gasteiger partial charge in [0.15, 0.2) is 0 Å². The number of hydrogen-bond donors (Lipinski definition) is 1. The van der Waals surface area contributed by atoms with Gasteiger partial charge < -0.3 is 5.11 Å². The van der Waals surface area contributed by atoms with E-state index in [1.165, 1.54) is 6.42 Å². The van der Waals surface area contributed by atoms with Crippen molar-refractivity contribution >= 4 is 0 Å². The molecular formula is C7H14O. The largest absolute Gasteiger partial charge is 0.393 e. The van der Waals surface area contributed by atoms with Crippen LogP contribution in [0.5, 0.6) is 0 Å². The molecule has 1 fully saturated rings. The topological polar surface area (TPSA) is 20.2 Å². The van der Waals surface area contributed by atoms with Crippen molar-refractivity contribution in [2.45, 2.75) is 32.8 Å². The third-order valence-electron chi connectivity index (χ3n) is 2.42. The number of aliphatic hydroxyl groups is 1. The van der Waals surface area contributed by atoms with Gasteiger partial charge in [0.05, 0.1) is 6.10 Å². The highest BCUT2D eigenvalue weighted by Gasteiger charge is 2.27. The zero-order valence-corrected chi connectivity index (χ0v) is 5.59. The van der Waals surface area contributed by atoms with Crippen LogP contribution in [-0.4, -0.2) is 11.2 Å². The van der Waals surface area contributed by atoms with Gasteiger partial charge in [-0.2, -0.15) is 0 Å². The lowest BCUT2D eigenvalue weighted by Gasteiger charge is -2.10. The summed E-state index contributed by atoms with van der Waals surface area (Å²) in [5.74, 6) is 1.28. The normalized spacial score (nSPS) is 47.6. The van der Waals surface area contributed by atoms with E-state index in [0.29, 0.717) is 5.92 Å². The van der Waals surface area contributed by atoms with E-state index >= 15 is 0 Å². The molecule has 0 radical (unpaired) electrons. The molecule has 1 heteroatoms. The molecule has 1 saturated carbocycles. The molecule has 1 aliphatic rings. The van der Waals surface area contributed by atoms with Crippen LogP contribution in [0, 0.1) is 11.8 Å². The van der Waals surface area contributed by atoms with Crippen LogP contribution < -0.4 is 0 Å². The maximum absolute atomic E-state index is 9.17. The summed E-state index contributed by atoms with van der Waals surface area (Å²) in [6, 6.07) is 0. The van der Waals surface area contributed by atoms with Gasteiger partial charge in [0.2, 0.25) is 0 Å². The van der Waals surface area contributed by atoms with Gasteiger partial charge in [-0.15, -0.1) is 0 Å². The van der Waals surface area contributed by atoms with Gasteiger partial charge in [-0.05, 0) is 24.7 Å². The Bertz CT molecular complexity index is 70.5. The highest BCUT2D eigenvalue weighted by molar-refractivity contribution is 4.78. The third kappa shape index (κ3) is 0.873. The van der Waals surface area contributed by atoms with Crippen molar-refractivity contribution in [3.05, 3.63) is 0 Å². The predicted molar refractivity (Wildman–Crippen MR) is 33.6 cm³/mol. The summed E-state index contributed by atoms with van der Waals surface area (Å²) in [5, 5.41) is 9.17. The molecule has 0 amide bonds. The van der Waals surface area contributed by atoms with E-state index in [1.54, 1.807) is 0 Å². The Morgan fingerprint density at radius 2 is 1.88 bits per heavy atom. The van der Waals surface area contributed by atoms with Crippen molar-refractivity contribution in [2.75, 3.05) is 0 Å². The monoisotopic (exact) mass is 114 g/mol. The van der Waals surface area contributed by atoms with Crippen LogP contribution in [0.15, 0.2) is 0 Å². The van der Waals surface area contributed by atoms with E-state index < -0.39 is 0 Å². The minimum absolute atomic E-state index is 0.00926. The van der Waals surface area contributed by atoms with Crippen molar-refractivity contribution < 1.29 is 5.11 Å². The zero-order valence-electron chi connectivity index (χ0n) is 5.59. The molecule has 3 atom stereocenters. The summed E-state index contributed by atoms with van der Waals surface area (Å²) < 4.78 is 0. The van der Waals surface area contributed by atoms with Crippen LogP contribution >= 0.6 is 0 Å². The Hall–Kier alpha value is -0.0400. The highest BCUT2D eigenvalue weighted by atomic mass is 16.3. The van der Waals surface area contributed by atoms with Crippen LogP contribution in [0.3, 0.4) is 0 Å². The lowest BCUT2D eigenvalue weighted by molar-refractivity contribution is 0.130. The molecule has 0 spiro atoms. The molecule has 1 rings (SSSR count). The first-order valence-electron chi connectivity index (χ1n) is 3.40. The summed E-state index contributed by atoms with van der Waals surface area (Å²) in [5.41, 5.74) is 0. The van der Waals surface area contributed by atoms with Gasteiger partial charge in [0.25, 0.3) is 0 Å². The summed E-state index contributed by atoms with van der Waals surface area (Å²) in [6.45, 7) is 4.34. The number of rotatable bonds is 0. The molecule has 1 aliphatic carbocycles. The first kappa shape index (κ1) is 6.09. The Morgan fingerprint density at radius 3 is 2.00 bits per heavy atom. The molecule has 0 unspecified atom stereocenters. The smallest absolute Gasteiger partial charge is 0.0568 e. The Morgan fingerprint density at radius 1 is 1.25 bits per heavy atom. The molecule has 0 bridgehead atoms. The molecule has 0 heterocycles. The van der Waals surface area contributed by atoms with E-state index in [9.17, 15) is 0 Å². The molecule has 0 aromatic carbocycles. The molecule has 0 aromatic rings. The first-order chi connectivity index (χ1) is 3.72. The van der Waals surface area contributed by atoms with Crippen LogP contribution in [0.1, 0.15) is 26.7 Å². The molecular weight excluding hydrogens is 100 g/mol. The van der Waals surface area contributed by atoms with Crippen molar-refractivity contribution in [2.24, 2.45) is 11.8 Å². The van der Waals surface area contributed by atoms with Crippen LogP contribution in [0.25, 0.3) is 0 Å². The van der Waals surface area contributed by atoms with Gasteiger partial charge in [-0.1, -0.05) is 13.8 Å². The zero-order chi connectivity index (χ0) is 6.15. The molecule has 48 valence electrons. The molecule has 8 heavy (non-hydrogen) atoms. The summed E-state index contributed by atoms with van der Waals surface area (Å²) in [4.78, 5) is 0. The molecule has 0 saturated heterocycles. The third-order valence-corrected chi connectivity index (χ3v) is 2.42. The van der Waals surface area contributed by atoms with E-state index in [-0.39, 0.29) is 6.10 Å². The summed E-state index contributed by atoms with van der Waals surface area (Å²) in [6.07, 6.45) is 2.22. The quantitative estimate of drug-likeness (QED) is 0.505. The second-order valence-corrected chi connectivity index (χ2v) is 2.98. The van der Waals surface area contributed by atoms with E-state index in [0.717, 1.165) is 12.3 Å². The van der Waals surface area contributed by atoms with Crippen molar-refractivity contribution in [1.29, 1.82) is 0 Å². The molecule has 0 aliphatic heterocycles. The fourth-order valence-corrected chi connectivity index (χ4v) is 1.34. The van der Waals surface area contributed by atoms with Crippen LogP contribution in [0.4, 0.5) is 0 Å². The second-order valence-electron chi connectivity index (χ2n) is 2.98. The Kier molecular flexibility index (Phi) is 1.57. The Labute approximate surface area is 50.7 Å². The maximum atomic E-state index is 9.17. The average Bonchev–Trinajstić information content (AvgIpc) is 1.98. The second kappa shape index (κ2) is 2.06. The van der Waals surface area contributed by atoms with Gasteiger partial charge in [0.1, 0.15) is 0 Å². The summed E-state index contributed by atoms with van der Waals surface area (Å²) >= 11 is 0. The number of hydrogen-bond acceptors (Lipinski definition) is 1. The van der Waals surface area contributed by atoms with Crippen molar-refractivity contribution in [3.63, 3.8) is 0 Å².